The zero-order valence-corrected chi connectivity index (χ0v) is 18.7. The summed E-state index contributed by atoms with van der Waals surface area (Å²) < 4.78 is 33.1. The van der Waals surface area contributed by atoms with Crippen LogP contribution in [0.25, 0.3) is 0 Å². The van der Waals surface area contributed by atoms with Crippen LogP contribution in [0, 0.1) is 6.92 Å². The molecule has 3 aromatic carbocycles. The lowest BCUT2D eigenvalue weighted by molar-refractivity contribution is -0.123. The molecule has 0 bridgehead atoms. The van der Waals surface area contributed by atoms with Gasteiger partial charge in [-0.3, -0.25) is 9.52 Å². The summed E-state index contributed by atoms with van der Waals surface area (Å²) in [5.41, 5.74) is 2.37. The summed E-state index contributed by atoms with van der Waals surface area (Å²) in [7, 11) is -3.72. The normalized spacial score (nSPS) is 12.1. The molecule has 31 heavy (non-hydrogen) atoms. The minimum atomic E-state index is -3.72. The van der Waals surface area contributed by atoms with Crippen LogP contribution in [0.2, 0.25) is 5.02 Å². The third kappa shape index (κ3) is 6.47. The van der Waals surface area contributed by atoms with E-state index in [9.17, 15) is 13.2 Å². The van der Waals surface area contributed by atoms with Crippen molar-refractivity contribution in [2.45, 2.75) is 24.8 Å². The Hall–Kier alpha value is -3.03. The third-order valence-electron chi connectivity index (χ3n) is 4.52. The molecule has 0 saturated carbocycles. The average Bonchev–Trinajstić information content (AvgIpc) is 2.72. The minimum Gasteiger partial charge on any atom is -0.484 e. The number of carbonyl (C=O) groups is 1. The monoisotopic (exact) mass is 458 g/mol. The first-order chi connectivity index (χ1) is 14.7. The predicted octanol–water partition coefficient (Wildman–Crippen LogP) is 4.71. The van der Waals surface area contributed by atoms with E-state index >= 15 is 0 Å². The average molecular weight is 459 g/mol. The van der Waals surface area contributed by atoms with Crippen LogP contribution in [-0.2, 0) is 14.8 Å². The van der Waals surface area contributed by atoms with Gasteiger partial charge < -0.3 is 10.1 Å². The van der Waals surface area contributed by atoms with Crippen LogP contribution < -0.4 is 14.8 Å². The lowest BCUT2D eigenvalue weighted by Crippen LogP contribution is -2.31. The van der Waals surface area contributed by atoms with Gasteiger partial charge in [-0.15, -0.1) is 0 Å². The fourth-order valence-corrected chi connectivity index (χ4v) is 4.08. The molecule has 162 valence electrons. The highest BCUT2D eigenvalue weighted by atomic mass is 35.5. The maximum absolute atomic E-state index is 12.5. The second-order valence-corrected chi connectivity index (χ2v) is 9.19. The van der Waals surface area contributed by atoms with Gasteiger partial charge in [-0.1, -0.05) is 35.9 Å². The van der Waals surface area contributed by atoms with Crippen LogP contribution in [0.15, 0.2) is 77.7 Å². The molecule has 0 heterocycles. The maximum atomic E-state index is 12.5. The van der Waals surface area contributed by atoms with E-state index in [1.807, 2.05) is 32.0 Å². The number of hydrogen-bond acceptors (Lipinski definition) is 4. The van der Waals surface area contributed by atoms with E-state index in [2.05, 4.69) is 10.0 Å². The van der Waals surface area contributed by atoms with Crippen LogP contribution >= 0.6 is 11.6 Å². The van der Waals surface area contributed by atoms with Crippen LogP contribution in [-0.4, -0.2) is 20.9 Å². The Morgan fingerprint density at radius 3 is 2.35 bits per heavy atom. The van der Waals surface area contributed by atoms with Gasteiger partial charge in [0, 0.05) is 10.7 Å². The van der Waals surface area contributed by atoms with Crippen molar-refractivity contribution in [2.24, 2.45) is 0 Å². The van der Waals surface area contributed by atoms with Gasteiger partial charge in [-0.2, -0.15) is 0 Å². The lowest BCUT2D eigenvalue weighted by Gasteiger charge is -2.15. The van der Waals surface area contributed by atoms with Crippen molar-refractivity contribution < 1.29 is 17.9 Å². The summed E-state index contributed by atoms with van der Waals surface area (Å²) in [5, 5.41) is 3.47. The third-order valence-corrected chi connectivity index (χ3v) is 6.17. The summed E-state index contributed by atoms with van der Waals surface area (Å²) >= 11 is 5.88. The summed E-state index contributed by atoms with van der Waals surface area (Å²) in [6.45, 7) is 3.56. The number of halogens is 1. The molecule has 2 N–H and O–H groups in total. The highest BCUT2D eigenvalue weighted by molar-refractivity contribution is 7.92. The van der Waals surface area contributed by atoms with Crippen molar-refractivity contribution in [3.8, 4) is 5.75 Å². The first-order valence-corrected chi connectivity index (χ1v) is 11.5. The Morgan fingerprint density at radius 2 is 1.71 bits per heavy atom. The Kier molecular flexibility index (Phi) is 7.20. The molecule has 0 aliphatic heterocycles. The molecular formula is C23H23ClN2O4S. The van der Waals surface area contributed by atoms with Gasteiger partial charge in [0.25, 0.3) is 15.9 Å². The highest BCUT2D eigenvalue weighted by Crippen LogP contribution is 2.20. The molecule has 0 radical (unpaired) electrons. The summed E-state index contributed by atoms with van der Waals surface area (Å²) in [6.07, 6.45) is 0. The Morgan fingerprint density at radius 1 is 1.03 bits per heavy atom. The minimum absolute atomic E-state index is 0.0992. The standard InChI is InChI=1S/C23H23ClN2O4S/c1-16-4-3-5-20(14-16)26-31(28,29)22-12-10-21(11-13-22)30-15-23(27)25-17(2)18-6-8-19(24)9-7-18/h3-14,17,26H,15H2,1-2H3,(H,25,27)/t17-/m1/s1. The van der Waals surface area contributed by atoms with E-state index in [4.69, 9.17) is 16.3 Å². The maximum Gasteiger partial charge on any atom is 0.261 e. The van der Waals surface area contributed by atoms with Gasteiger partial charge in [0.05, 0.1) is 10.9 Å². The van der Waals surface area contributed by atoms with Crippen molar-refractivity contribution in [2.75, 3.05) is 11.3 Å². The number of aryl methyl sites for hydroxylation is 1. The second-order valence-electron chi connectivity index (χ2n) is 7.08. The number of hydrogen-bond donors (Lipinski definition) is 2. The van der Waals surface area contributed by atoms with Crippen molar-refractivity contribution in [1.29, 1.82) is 0 Å². The zero-order chi connectivity index (χ0) is 22.4. The molecule has 8 heteroatoms. The molecule has 0 saturated heterocycles. The van der Waals surface area contributed by atoms with Gasteiger partial charge >= 0.3 is 0 Å². The number of carbonyl (C=O) groups excluding carboxylic acids is 1. The van der Waals surface area contributed by atoms with Gasteiger partial charge in [-0.25, -0.2) is 8.42 Å². The molecule has 1 atom stereocenters. The van der Waals surface area contributed by atoms with Gasteiger partial charge in [0.1, 0.15) is 5.75 Å². The predicted molar refractivity (Wildman–Crippen MR) is 122 cm³/mol. The van der Waals surface area contributed by atoms with Crippen molar-refractivity contribution in [3.05, 3.63) is 88.9 Å². The van der Waals surface area contributed by atoms with E-state index in [-0.39, 0.29) is 23.5 Å². The first-order valence-electron chi connectivity index (χ1n) is 9.60. The Labute approximate surface area is 187 Å². The quantitative estimate of drug-likeness (QED) is 0.512. The SMILES string of the molecule is Cc1cccc(NS(=O)(=O)c2ccc(OCC(=O)N[C@H](C)c3ccc(Cl)cc3)cc2)c1. The van der Waals surface area contributed by atoms with Gasteiger partial charge in [-0.05, 0) is 73.5 Å². The molecule has 0 unspecified atom stereocenters. The van der Waals surface area contributed by atoms with Crippen LogP contribution in [0.3, 0.4) is 0 Å². The molecule has 0 fully saturated rings. The summed E-state index contributed by atoms with van der Waals surface area (Å²) in [4.78, 5) is 12.3. The van der Waals surface area contributed by atoms with E-state index in [0.29, 0.717) is 16.5 Å². The van der Waals surface area contributed by atoms with Crippen LogP contribution in [0.4, 0.5) is 5.69 Å². The smallest absolute Gasteiger partial charge is 0.261 e. The molecular weight excluding hydrogens is 436 g/mol. The lowest BCUT2D eigenvalue weighted by atomic mass is 10.1. The number of benzene rings is 3. The Balaban J connectivity index is 1.55. The van der Waals surface area contributed by atoms with E-state index in [1.165, 1.54) is 24.3 Å². The first kappa shape index (κ1) is 22.7. The molecule has 3 aromatic rings. The molecule has 0 aliphatic rings. The van der Waals surface area contributed by atoms with Crippen molar-refractivity contribution in [1.82, 2.24) is 5.32 Å². The number of sulfonamides is 1. The van der Waals surface area contributed by atoms with E-state index < -0.39 is 10.0 Å². The van der Waals surface area contributed by atoms with Crippen LogP contribution in [0.5, 0.6) is 5.75 Å². The fourth-order valence-electron chi connectivity index (χ4n) is 2.90. The van der Waals surface area contributed by atoms with Crippen molar-refractivity contribution >= 4 is 33.2 Å². The molecule has 6 nitrogen and oxygen atoms in total. The fraction of sp³-hybridized carbons (Fsp3) is 0.174. The number of nitrogens with one attached hydrogen (secondary N) is 2. The summed E-state index contributed by atoms with van der Waals surface area (Å²) in [6, 6.07) is 20.0. The topological polar surface area (TPSA) is 84.5 Å². The second kappa shape index (κ2) is 9.85. The molecule has 3 rings (SSSR count). The number of anilines is 1. The number of rotatable bonds is 8. The molecule has 0 aromatic heterocycles. The highest BCUT2D eigenvalue weighted by Gasteiger charge is 2.15. The zero-order valence-electron chi connectivity index (χ0n) is 17.1. The molecule has 1 amide bonds. The number of ether oxygens (including phenoxy) is 1. The van der Waals surface area contributed by atoms with Crippen LogP contribution in [0.1, 0.15) is 24.1 Å². The molecule has 0 spiro atoms. The van der Waals surface area contributed by atoms with E-state index in [1.54, 1.807) is 30.3 Å². The van der Waals surface area contributed by atoms with E-state index in [0.717, 1.165) is 11.1 Å². The van der Waals surface area contributed by atoms with Crippen molar-refractivity contribution in [3.63, 3.8) is 0 Å². The summed E-state index contributed by atoms with van der Waals surface area (Å²) in [5.74, 6) is 0.101. The Bertz CT molecular complexity index is 1150. The van der Waals surface area contributed by atoms with Gasteiger partial charge in [0.15, 0.2) is 6.61 Å². The number of amides is 1. The van der Waals surface area contributed by atoms with Gasteiger partial charge in [0.2, 0.25) is 0 Å². The largest absolute Gasteiger partial charge is 0.484 e. The molecule has 0 aliphatic carbocycles.